The molecule has 1 N–H and O–H groups in total. The van der Waals surface area contributed by atoms with Crippen molar-refractivity contribution in [3.63, 3.8) is 0 Å². The van der Waals surface area contributed by atoms with Crippen LogP contribution in [0.4, 0.5) is 13.2 Å². The third-order valence-electron chi connectivity index (χ3n) is 5.40. The second-order valence-corrected chi connectivity index (χ2v) is 6.66. The molecule has 1 aromatic rings. The Labute approximate surface area is 138 Å². The van der Waals surface area contributed by atoms with Crippen LogP contribution in [0, 0.1) is 28.4 Å². The average Bonchev–Trinajstić information content (AvgIpc) is 2.88. The van der Waals surface area contributed by atoms with Gasteiger partial charge in [0.15, 0.2) is 0 Å². The first-order valence-corrected chi connectivity index (χ1v) is 8.02. The Morgan fingerprint density at radius 2 is 2.08 bits per heavy atom. The van der Waals surface area contributed by atoms with Crippen LogP contribution in [0.1, 0.15) is 42.0 Å². The largest absolute Gasteiger partial charge is 0.634 e. The van der Waals surface area contributed by atoms with Gasteiger partial charge in [-0.25, -0.2) is 0 Å². The number of ether oxygens (including phenoxy) is 1. The minimum absolute atomic E-state index is 0.000384. The summed E-state index contributed by atoms with van der Waals surface area (Å²) >= 11 is 0. The molecule has 5 unspecified atom stereocenters. The SMILES string of the molecule is COC1CCC2C[NH+]([O-])C(c3ccc(C#N)c(C(F)(F)F)c3)C2C1. The van der Waals surface area contributed by atoms with E-state index < -0.39 is 23.3 Å². The molecule has 1 aliphatic heterocycles. The van der Waals surface area contributed by atoms with Crippen molar-refractivity contribution in [1.82, 2.24) is 0 Å². The van der Waals surface area contributed by atoms with E-state index in [-0.39, 0.29) is 23.0 Å². The highest BCUT2D eigenvalue weighted by atomic mass is 19.4. The van der Waals surface area contributed by atoms with E-state index in [9.17, 15) is 18.4 Å². The van der Waals surface area contributed by atoms with Crippen molar-refractivity contribution in [2.45, 2.75) is 37.6 Å². The van der Waals surface area contributed by atoms with Crippen molar-refractivity contribution in [3.8, 4) is 6.07 Å². The van der Waals surface area contributed by atoms with E-state index in [1.54, 1.807) is 13.2 Å². The summed E-state index contributed by atoms with van der Waals surface area (Å²) in [4.78, 5) is 0. The van der Waals surface area contributed by atoms with Crippen LogP contribution in [0.25, 0.3) is 0 Å². The smallest absolute Gasteiger partial charge is 0.417 e. The summed E-state index contributed by atoms with van der Waals surface area (Å²) in [6.07, 6.45) is -2.10. The number of fused-ring (bicyclic) bond motifs is 1. The van der Waals surface area contributed by atoms with Gasteiger partial charge >= 0.3 is 6.18 Å². The van der Waals surface area contributed by atoms with Gasteiger partial charge in [0.1, 0.15) is 6.04 Å². The number of nitrogens with one attached hydrogen (secondary N) is 1. The number of hydroxylamine groups is 2. The van der Waals surface area contributed by atoms with Gasteiger partial charge in [-0.3, -0.25) is 0 Å². The van der Waals surface area contributed by atoms with Gasteiger partial charge < -0.3 is 15.0 Å². The zero-order chi connectivity index (χ0) is 17.5. The number of halogens is 3. The molecule has 0 amide bonds. The zero-order valence-electron chi connectivity index (χ0n) is 13.3. The number of quaternary nitrogens is 1. The van der Waals surface area contributed by atoms with Crippen LogP contribution in [0.3, 0.4) is 0 Å². The summed E-state index contributed by atoms with van der Waals surface area (Å²) in [7, 11) is 1.63. The first kappa shape index (κ1) is 17.2. The summed E-state index contributed by atoms with van der Waals surface area (Å²) in [6, 6.07) is 4.71. The van der Waals surface area contributed by atoms with Crippen LogP contribution in [-0.2, 0) is 10.9 Å². The number of methoxy groups -OCH3 is 1. The number of nitrogens with zero attached hydrogens (tertiary/aromatic N) is 1. The molecule has 4 nitrogen and oxygen atoms in total. The third kappa shape index (κ3) is 3.02. The number of benzene rings is 1. The number of alkyl halides is 3. The Kier molecular flexibility index (Phi) is 4.56. The molecular formula is C17H19F3N2O2. The second-order valence-electron chi connectivity index (χ2n) is 6.66. The van der Waals surface area contributed by atoms with Gasteiger partial charge in [-0.1, -0.05) is 6.07 Å². The van der Waals surface area contributed by atoms with Crippen molar-refractivity contribution < 1.29 is 23.0 Å². The molecule has 3 rings (SSSR count). The molecule has 1 aromatic carbocycles. The molecule has 1 saturated heterocycles. The van der Waals surface area contributed by atoms with E-state index in [1.807, 2.05) is 0 Å². The maximum Gasteiger partial charge on any atom is 0.417 e. The van der Waals surface area contributed by atoms with Gasteiger partial charge in [-0.2, -0.15) is 18.4 Å². The lowest BCUT2D eigenvalue weighted by Gasteiger charge is -2.33. The quantitative estimate of drug-likeness (QED) is 0.841. The maximum atomic E-state index is 13.2. The van der Waals surface area contributed by atoms with Crippen molar-refractivity contribution in [3.05, 3.63) is 40.1 Å². The maximum absolute atomic E-state index is 13.2. The highest BCUT2D eigenvalue weighted by molar-refractivity contribution is 5.42. The fraction of sp³-hybridized carbons (Fsp3) is 0.588. The molecule has 0 bridgehead atoms. The van der Waals surface area contributed by atoms with E-state index in [1.165, 1.54) is 12.1 Å². The second kappa shape index (κ2) is 6.36. The first-order chi connectivity index (χ1) is 11.3. The molecule has 0 radical (unpaired) electrons. The fourth-order valence-corrected chi connectivity index (χ4v) is 4.25. The molecule has 1 saturated carbocycles. The monoisotopic (exact) mass is 340 g/mol. The lowest BCUT2D eigenvalue weighted by molar-refractivity contribution is -0.871. The van der Waals surface area contributed by atoms with Crippen LogP contribution in [0.5, 0.6) is 0 Å². The van der Waals surface area contributed by atoms with Gasteiger partial charge in [0.05, 0.1) is 29.8 Å². The summed E-state index contributed by atoms with van der Waals surface area (Å²) < 4.78 is 45.0. The Hall–Kier alpha value is -1.62. The molecule has 2 aliphatic rings. The van der Waals surface area contributed by atoms with Crippen LogP contribution in [0.2, 0.25) is 0 Å². The molecule has 0 aromatic heterocycles. The number of hydrogen-bond acceptors (Lipinski definition) is 3. The first-order valence-electron chi connectivity index (χ1n) is 8.02. The van der Waals surface area contributed by atoms with Crippen LogP contribution in [0.15, 0.2) is 18.2 Å². The molecule has 130 valence electrons. The predicted octanol–water partition coefficient (Wildman–Crippen LogP) is 2.45. The Morgan fingerprint density at radius 3 is 2.71 bits per heavy atom. The number of rotatable bonds is 2. The van der Waals surface area contributed by atoms with Crippen molar-refractivity contribution in [2.75, 3.05) is 13.7 Å². The molecule has 5 atom stereocenters. The zero-order valence-corrected chi connectivity index (χ0v) is 13.3. The normalized spacial score (nSPS) is 33.1. The molecule has 1 aliphatic carbocycles. The topological polar surface area (TPSA) is 60.5 Å². The van der Waals surface area contributed by atoms with Crippen LogP contribution < -0.4 is 5.06 Å². The van der Waals surface area contributed by atoms with E-state index in [0.29, 0.717) is 18.5 Å². The number of hydrogen-bond donors (Lipinski definition) is 1. The van der Waals surface area contributed by atoms with E-state index in [2.05, 4.69) is 0 Å². The van der Waals surface area contributed by atoms with Gasteiger partial charge in [-0.15, -0.1) is 0 Å². The Bertz CT molecular complexity index is 656. The highest BCUT2D eigenvalue weighted by Crippen LogP contribution is 2.42. The predicted molar refractivity (Wildman–Crippen MR) is 79.7 cm³/mol. The van der Waals surface area contributed by atoms with Gasteiger partial charge in [0.25, 0.3) is 0 Å². The van der Waals surface area contributed by atoms with Gasteiger partial charge in [-0.05, 0) is 31.4 Å². The Morgan fingerprint density at radius 1 is 1.33 bits per heavy atom. The highest BCUT2D eigenvalue weighted by Gasteiger charge is 2.47. The third-order valence-corrected chi connectivity index (χ3v) is 5.40. The minimum Gasteiger partial charge on any atom is -0.634 e. The van der Waals surface area contributed by atoms with Crippen molar-refractivity contribution in [1.29, 1.82) is 5.26 Å². The van der Waals surface area contributed by atoms with E-state index in [4.69, 9.17) is 10.00 Å². The summed E-state index contributed by atoms with van der Waals surface area (Å²) in [5, 5.41) is 21.4. The Balaban J connectivity index is 1.97. The van der Waals surface area contributed by atoms with Gasteiger partial charge in [0.2, 0.25) is 0 Å². The minimum atomic E-state index is -4.61. The van der Waals surface area contributed by atoms with Crippen LogP contribution >= 0.6 is 0 Å². The fourth-order valence-electron chi connectivity index (χ4n) is 4.25. The molecule has 2 fully saturated rings. The molecule has 7 heteroatoms. The lowest BCUT2D eigenvalue weighted by atomic mass is 9.75. The van der Waals surface area contributed by atoms with Gasteiger partial charge in [0, 0.05) is 24.5 Å². The average molecular weight is 340 g/mol. The lowest BCUT2D eigenvalue weighted by Crippen LogP contribution is -3.05. The van der Waals surface area contributed by atoms with Crippen molar-refractivity contribution >= 4 is 0 Å². The summed E-state index contributed by atoms with van der Waals surface area (Å²) in [6.45, 7) is 0.424. The summed E-state index contributed by atoms with van der Waals surface area (Å²) in [5.74, 6) is 0.240. The summed E-state index contributed by atoms with van der Waals surface area (Å²) in [5.41, 5.74) is -1.000. The van der Waals surface area contributed by atoms with Crippen molar-refractivity contribution in [2.24, 2.45) is 11.8 Å². The van der Waals surface area contributed by atoms with E-state index >= 15 is 0 Å². The van der Waals surface area contributed by atoms with Crippen LogP contribution in [-0.4, -0.2) is 19.8 Å². The molecule has 0 spiro atoms. The standard InChI is InChI=1S/C17H19F3N2O2/c1-24-13-5-4-12-9-22(23)16(14(12)7-13)10-2-3-11(8-21)15(6-10)17(18,19)20/h2-3,6,12-14,16,22H,4-5,7,9H2,1H3. The molecule has 24 heavy (non-hydrogen) atoms. The van der Waals surface area contributed by atoms with E-state index in [0.717, 1.165) is 18.9 Å². The molecular weight excluding hydrogens is 321 g/mol. The number of nitriles is 1. The molecule has 1 heterocycles.